The van der Waals surface area contributed by atoms with E-state index in [-0.39, 0.29) is 0 Å². The Balaban J connectivity index is 0.943. The minimum atomic E-state index is 0.526. The first-order valence-corrected chi connectivity index (χ1v) is 32.1. The molecule has 0 aliphatic rings. The first-order chi connectivity index (χ1) is 46.4. The van der Waals surface area contributed by atoms with E-state index in [1.54, 1.807) is 0 Å². The maximum atomic E-state index is 12.7. The van der Waals surface area contributed by atoms with E-state index in [0.29, 0.717) is 5.56 Å². The van der Waals surface area contributed by atoms with Crippen LogP contribution < -0.4 is 0 Å². The van der Waals surface area contributed by atoms with Crippen LogP contribution in [-0.2, 0) is 0 Å². The lowest BCUT2D eigenvalue weighted by Crippen LogP contribution is -2.06. The second-order valence-corrected chi connectivity index (χ2v) is 25.1. The third-order valence-electron chi connectivity index (χ3n) is 19.9. The quantitative estimate of drug-likeness (QED) is 0.160. The fourth-order valence-corrected chi connectivity index (χ4v) is 16.1. The number of hydrogen-bond acceptors (Lipinski definition) is 2. The number of para-hydroxylation sites is 8. The zero-order valence-corrected chi connectivity index (χ0v) is 51.3. The van der Waals surface area contributed by atoms with Crippen LogP contribution in [0.25, 0.3) is 176 Å². The molecular formula is C86H54N8. The fourth-order valence-electron chi connectivity index (χ4n) is 16.1. The molecule has 0 N–H and O–H groups in total. The van der Waals surface area contributed by atoms with Crippen molar-refractivity contribution in [2.75, 3.05) is 0 Å². The van der Waals surface area contributed by atoms with Crippen LogP contribution in [0.4, 0.5) is 0 Å². The first-order valence-electron chi connectivity index (χ1n) is 32.1. The van der Waals surface area contributed by atoms with Crippen molar-refractivity contribution in [3.05, 3.63) is 308 Å². The third kappa shape index (κ3) is 7.34. The Kier molecular flexibility index (Phi) is 10.9. The first kappa shape index (κ1) is 52.1. The van der Waals surface area contributed by atoms with Gasteiger partial charge in [-0.1, -0.05) is 170 Å². The summed E-state index contributed by atoms with van der Waals surface area (Å²) in [6.07, 6.45) is 0. The SMILES string of the molecule is Cc1cc(-c2cc(-n3c4cc(-n5c6ccccc6c6ccccc65)ccc4c4ccc(-n5c6ccccc6c6ccccc65)cc43)c(C#N)c(-n3c4cc(-n5c6ccccc6c6ccccc65)ccc4c4ccc(-n5c6ccccc6c6ccccc65)cc43)c2)cc(C)n1. The smallest absolute Gasteiger partial charge is 0.104 e. The molecule has 20 aromatic rings. The van der Waals surface area contributed by atoms with Crippen molar-refractivity contribution in [1.82, 2.24) is 32.4 Å². The van der Waals surface area contributed by atoms with Gasteiger partial charge in [-0.2, -0.15) is 5.26 Å². The minimum absolute atomic E-state index is 0.526. The van der Waals surface area contributed by atoms with Crippen molar-refractivity contribution in [2.24, 2.45) is 0 Å². The third-order valence-corrected chi connectivity index (χ3v) is 19.9. The molecule has 7 aromatic heterocycles. The summed E-state index contributed by atoms with van der Waals surface area (Å²) in [4.78, 5) is 4.94. The van der Waals surface area contributed by atoms with Crippen LogP contribution in [-0.4, -0.2) is 32.4 Å². The summed E-state index contributed by atoms with van der Waals surface area (Å²) in [5.41, 5.74) is 22.8. The summed E-state index contributed by atoms with van der Waals surface area (Å²) in [6.45, 7) is 4.14. The highest BCUT2D eigenvalue weighted by Crippen LogP contribution is 2.45. The van der Waals surface area contributed by atoms with Gasteiger partial charge in [-0.15, -0.1) is 0 Å². The lowest BCUT2D eigenvalue weighted by molar-refractivity contribution is 1.10. The Bertz CT molecular complexity index is 5780. The lowest BCUT2D eigenvalue weighted by atomic mass is 9.99. The van der Waals surface area contributed by atoms with E-state index in [0.717, 1.165) is 144 Å². The average molecular weight is 1200 g/mol. The van der Waals surface area contributed by atoms with Gasteiger partial charge in [-0.3, -0.25) is 4.98 Å². The van der Waals surface area contributed by atoms with Crippen LogP contribution >= 0.6 is 0 Å². The van der Waals surface area contributed by atoms with Crippen molar-refractivity contribution in [3.8, 4) is 51.3 Å². The van der Waals surface area contributed by atoms with Gasteiger partial charge in [0.05, 0.1) is 77.6 Å². The van der Waals surface area contributed by atoms with Gasteiger partial charge in [0.2, 0.25) is 0 Å². The summed E-state index contributed by atoms with van der Waals surface area (Å²) >= 11 is 0. The number of rotatable bonds is 7. The Hall–Kier alpha value is -12.7. The van der Waals surface area contributed by atoms with Crippen LogP contribution in [0, 0.1) is 25.2 Å². The maximum Gasteiger partial charge on any atom is 0.104 e. The van der Waals surface area contributed by atoms with Gasteiger partial charge >= 0.3 is 0 Å². The van der Waals surface area contributed by atoms with E-state index in [2.05, 4.69) is 339 Å². The molecular weight excluding hydrogens is 1150 g/mol. The van der Waals surface area contributed by atoms with E-state index >= 15 is 0 Å². The molecule has 0 fully saturated rings. The average Bonchev–Trinajstić information content (AvgIpc) is 1.56. The highest BCUT2D eigenvalue weighted by atomic mass is 15.1. The molecule has 20 rings (SSSR count). The van der Waals surface area contributed by atoms with E-state index in [4.69, 9.17) is 4.98 Å². The predicted octanol–water partition coefficient (Wildman–Crippen LogP) is 21.8. The molecule has 0 saturated carbocycles. The number of nitrogens with zero attached hydrogens (tertiary/aromatic N) is 8. The maximum absolute atomic E-state index is 12.7. The Morgan fingerprint density at radius 3 is 0.681 bits per heavy atom. The molecule has 0 atom stereocenters. The Morgan fingerprint density at radius 1 is 0.234 bits per heavy atom. The van der Waals surface area contributed by atoms with Crippen molar-refractivity contribution < 1.29 is 0 Å². The van der Waals surface area contributed by atoms with Crippen LogP contribution in [0.1, 0.15) is 17.0 Å². The second-order valence-electron chi connectivity index (χ2n) is 25.1. The highest BCUT2D eigenvalue weighted by Gasteiger charge is 2.27. The number of pyridine rings is 1. The Morgan fingerprint density at radius 2 is 0.447 bits per heavy atom. The van der Waals surface area contributed by atoms with Crippen LogP contribution in [0.2, 0.25) is 0 Å². The monoisotopic (exact) mass is 1200 g/mol. The molecule has 0 aliphatic heterocycles. The molecule has 438 valence electrons. The molecule has 0 spiro atoms. The van der Waals surface area contributed by atoms with Gasteiger partial charge in [-0.05, 0) is 146 Å². The minimum Gasteiger partial charge on any atom is -0.309 e. The summed E-state index contributed by atoms with van der Waals surface area (Å²) in [7, 11) is 0. The predicted molar refractivity (Wildman–Crippen MR) is 390 cm³/mol. The molecule has 0 aliphatic carbocycles. The summed E-state index contributed by atoms with van der Waals surface area (Å²) in [5, 5.41) is 26.5. The van der Waals surface area contributed by atoms with Crippen molar-refractivity contribution in [3.63, 3.8) is 0 Å². The van der Waals surface area contributed by atoms with Gasteiger partial charge in [0, 0.05) is 98.8 Å². The normalized spacial score (nSPS) is 12.1. The summed E-state index contributed by atoms with van der Waals surface area (Å²) in [5.74, 6) is 0. The molecule has 13 aromatic carbocycles. The summed E-state index contributed by atoms with van der Waals surface area (Å²) in [6, 6.07) is 109. The fraction of sp³-hybridized carbons (Fsp3) is 0.0233. The highest BCUT2D eigenvalue weighted by molar-refractivity contribution is 6.17. The number of benzene rings is 13. The van der Waals surface area contributed by atoms with Crippen molar-refractivity contribution in [1.29, 1.82) is 5.26 Å². The molecule has 94 heavy (non-hydrogen) atoms. The van der Waals surface area contributed by atoms with Crippen LogP contribution in [0.15, 0.2) is 291 Å². The standard InChI is InChI=1S/C86H54N8/c1-52-43-54(44-53(2)88-52)55-45-81(93-83-47-56(89-73-27-11-3-19-60(73)61-20-4-12-28-74(61)89)35-39-68(83)69-40-36-57(48-84(69)93)90-75-29-13-5-21-62(75)63-22-6-14-30-76(63)90)72(51-87)82(46-55)94-85-49-58(91-77-31-15-7-23-64(77)65-24-8-16-32-78(65)91)37-41-70(85)71-42-38-59(50-86(71)94)92-79-33-17-9-25-66(79)67-26-10-18-34-80(67)92/h3-50H,1-2H3. The second kappa shape index (κ2) is 19.7. The Labute approximate surface area is 538 Å². The van der Waals surface area contributed by atoms with E-state index in [9.17, 15) is 5.26 Å². The van der Waals surface area contributed by atoms with Gasteiger partial charge in [0.15, 0.2) is 0 Å². The molecule has 8 heteroatoms. The molecule has 0 saturated heterocycles. The molecule has 0 radical (unpaired) electrons. The zero-order valence-electron chi connectivity index (χ0n) is 51.3. The largest absolute Gasteiger partial charge is 0.309 e. The number of aromatic nitrogens is 7. The molecule has 7 heterocycles. The van der Waals surface area contributed by atoms with Crippen LogP contribution in [0.3, 0.4) is 0 Å². The van der Waals surface area contributed by atoms with Gasteiger partial charge in [-0.25, -0.2) is 0 Å². The number of aryl methyl sites for hydroxylation is 2. The van der Waals surface area contributed by atoms with Gasteiger partial charge in [0.25, 0.3) is 0 Å². The topological polar surface area (TPSA) is 66.3 Å². The summed E-state index contributed by atoms with van der Waals surface area (Å²) < 4.78 is 14.4. The lowest BCUT2D eigenvalue weighted by Gasteiger charge is -2.20. The van der Waals surface area contributed by atoms with E-state index in [1.165, 1.54) is 43.1 Å². The van der Waals surface area contributed by atoms with Crippen LogP contribution in [0.5, 0.6) is 0 Å². The zero-order chi connectivity index (χ0) is 62.0. The number of fused-ring (bicyclic) bond motifs is 18. The van der Waals surface area contributed by atoms with E-state index < -0.39 is 0 Å². The van der Waals surface area contributed by atoms with Crippen molar-refractivity contribution in [2.45, 2.75) is 13.8 Å². The van der Waals surface area contributed by atoms with Crippen molar-refractivity contribution >= 4 is 131 Å². The molecule has 0 bridgehead atoms. The molecule has 0 amide bonds. The number of hydrogen-bond donors (Lipinski definition) is 0. The molecule has 0 unspecified atom stereocenters. The number of nitriles is 1. The van der Waals surface area contributed by atoms with Gasteiger partial charge in [0.1, 0.15) is 11.6 Å². The van der Waals surface area contributed by atoms with Gasteiger partial charge < -0.3 is 27.4 Å². The molecule has 8 nitrogen and oxygen atoms in total. The van der Waals surface area contributed by atoms with E-state index in [1.807, 2.05) is 0 Å².